The molecule has 2 heterocycles. The number of urea groups is 1. The Balaban J connectivity index is 1.17. The van der Waals surface area contributed by atoms with E-state index in [4.69, 9.17) is 4.42 Å². The number of nitrogens with zero attached hydrogens (tertiary/aromatic N) is 2. The minimum atomic E-state index is -0.303. The van der Waals surface area contributed by atoms with Gasteiger partial charge < -0.3 is 20.4 Å². The highest BCUT2D eigenvalue weighted by Gasteiger charge is 2.21. The molecule has 0 aliphatic heterocycles. The second kappa shape index (κ2) is 12.1. The molecule has 2 aromatic heterocycles. The predicted octanol–water partition coefficient (Wildman–Crippen LogP) is 8.62. The summed E-state index contributed by atoms with van der Waals surface area (Å²) in [6, 6.07) is 35.2. The van der Waals surface area contributed by atoms with Crippen molar-refractivity contribution in [3.63, 3.8) is 0 Å². The molecule has 7 nitrogen and oxygen atoms in total. The lowest BCUT2D eigenvalue weighted by atomic mass is 9.99. The van der Waals surface area contributed by atoms with Gasteiger partial charge in [0.2, 0.25) is 5.71 Å². The van der Waals surface area contributed by atoms with Crippen molar-refractivity contribution in [1.29, 1.82) is 0 Å². The van der Waals surface area contributed by atoms with Crippen molar-refractivity contribution >= 4 is 50.3 Å². The molecule has 3 N–H and O–H groups in total. The number of carbonyl (C=O) groups excluding carboxylic acids is 1. The number of anilines is 3. The molecule has 0 aliphatic carbocycles. The number of aromatic nitrogens is 2. The van der Waals surface area contributed by atoms with E-state index in [1.807, 2.05) is 97.1 Å². The molecular formula is C33H26BrN5O2. The molecule has 8 heteroatoms. The lowest BCUT2D eigenvalue weighted by Gasteiger charge is -2.10. The van der Waals surface area contributed by atoms with E-state index in [-0.39, 0.29) is 6.03 Å². The van der Waals surface area contributed by atoms with Crippen LogP contribution in [0.15, 0.2) is 124 Å². The van der Waals surface area contributed by atoms with E-state index in [0.29, 0.717) is 23.6 Å². The smallest absolute Gasteiger partial charge is 0.323 e. The monoisotopic (exact) mass is 603 g/mol. The Morgan fingerprint density at radius 3 is 2.17 bits per heavy atom. The Hall–Kier alpha value is -4.95. The molecule has 6 rings (SSSR count). The first-order chi connectivity index (χ1) is 20.2. The number of hydrogen-bond donors (Lipinski definition) is 3. The van der Waals surface area contributed by atoms with Gasteiger partial charge in [0, 0.05) is 27.8 Å². The third-order valence-corrected chi connectivity index (χ3v) is 7.32. The van der Waals surface area contributed by atoms with Gasteiger partial charge >= 0.3 is 6.03 Å². The van der Waals surface area contributed by atoms with Gasteiger partial charge in [-0.25, -0.2) is 14.8 Å². The second-order valence-corrected chi connectivity index (χ2v) is 10.2. The second-order valence-electron chi connectivity index (χ2n) is 9.37. The van der Waals surface area contributed by atoms with Crippen molar-refractivity contribution in [3.05, 3.63) is 126 Å². The molecule has 0 fully saturated rings. The van der Waals surface area contributed by atoms with E-state index in [2.05, 4.69) is 54.0 Å². The van der Waals surface area contributed by atoms with Crippen LogP contribution in [0.1, 0.15) is 5.56 Å². The first-order valence-corrected chi connectivity index (χ1v) is 14.0. The highest BCUT2D eigenvalue weighted by Crippen LogP contribution is 2.42. The fourth-order valence-corrected chi connectivity index (χ4v) is 5.05. The lowest BCUT2D eigenvalue weighted by molar-refractivity contribution is 0.262. The molecule has 4 aromatic carbocycles. The average molecular weight is 605 g/mol. The molecule has 41 heavy (non-hydrogen) atoms. The van der Waals surface area contributed by atoms with E-state index in [0.717, 1.165) is 50.1 Å². The van der Waals surface area contributed by atoms with E-state index in [1.165, 1.54) is 6.33 Å². The van der Waals surface area contributed by atoms with Gasteiger partial charge in [-0.1, -0.05) is 84.9 Å². The molecule has 0 spiro atoms. The average Bonchev–Trinajstić information content (AvgIpc) is 3.41. The van der Waals surface area contributed by atoms with Gasteiger partial charge in [-0.3, -0.25) is 0 Å². The number of para-hydroxylation sites is 1. The van der Waals surface area contributed by atoms with Crippen molar-refractivity contribution in [1.82, 2.24) is 9.97 Å². The number of halogens is 1. The van der Waals surface area contributed by atoms with Crippen LogP contribution >= 0.6 is 15.9 Å². The zero-order valence-corrected chi connectivity index (χ0v) is 23.6. The molecule has 0 atom stereocenters. The highest BCUT2D eigenvalue weighted by atomic mass is 79.9. The van der Waals surface area contributed by atoms with Gasteiger partial charge in [-0.2, -0.15) is 0 Å². The molecule has 202 valence electrons. The van der Waals surface area contributed by atoms with Crippen molar-refractivity contribution in [3.8, 4) is 22.5 Å². The summed E-state index contributed by atoms with van der Waals surface area (Å²) in [5.74, 6) is 1.49. The van der Waals surface area contributed by atoms with Crippen molar-refractivity contribution in [2.75, 3.05) is 22.5 Å². The number of hydrogen-bond acceptors (Lipinski definition) is 5. The topological polar surface area (TPSA) is 92.1 Å². The van der Waals surface area contributed by atoms with Crippen molar-refractivity contribution < 1.29 is 9.21 Å². The van der Waals surface area contributed by atoms with E-state index >= 15 is 0 Å². The first-order valence-electron chi connectivity index (χ1n) is 13.2. The predicted molar refractivity (Wildman–Crippen MR) is 168 cm³/mol. The summed E-state index contributed by atoms with van der Waals surface area (Å²) in [5.41, 5.74) is 6.06. The Labute approximate surface area is 245 Å². The summed E-state index contributed by atoms with van der Waals surface area (Å²) in [6.45, 7) is 0.654. The standard InChI is InChI=1S/C33H26BrN5O2/c34-26-13-7-8-14-27(26)39-33(40)38-25-17-15-22(16-18-25)19-20-35-31-29-28(23-9-3-1-4-10-23)30(24-11-5-2-6-12-24)41-32(29)37-21-36-31/h1-18,21H,19-20H2,(H,35,36,37)(H2,38,39,40). The maximum atomic E-state index is 12.4. The number of amides is 2. The maximum absolute atomic E-state index is 12.4. The van der Waals surface area contributed by atoms with Gasteiger partial charge in [-0.15, -0.1) is 0 Å². The minimum Gasteiger partial charge on any atom is -0.437 e. The van der Waals surface area contributed by atoms with Gasteiger partial charge in [0.05, 0.1) is 11.1 Å². The van der Waals surface area contributed by atoms with Crippen LogP contribution in [0, 0.1) is 0 Å². The SMILES string of the molecule is O=C(Nc1ccc(CCNc2ncnc3oc(-c4ccccc4)c(-c4ccccc4)c23)cc1)Nc1ccccc1Br. The van der Waals surface area contributed by atoms with Crippen LogP contribution in [-0.4, -0.2) is 22.5 Å². The first kappa shape index (κ1) is 26.3. The van der Waals surface area contributed by atoms with E-state index < -0.39 is 0 Å². The molecule has 0 aliphatic rings. The number of benzene rings is 4. The Kier molecular flexibility index (Phi) is 7.73. The Morgan fingerprint density at radius 2 is 1.44 bits per heavy atom. The summed E-state index contributed by atoms with van der Waals surface area (Å²) in [7, 11) is 0. The lowest BCUT2D eigenvalue weighted by Crippen LogP contribution is -2.19. The summed E-state index contributed by atoms with van der Waals surface area (Å²) in [5, 5.41) is 10.1. The van der Waals surface area contributed by atoms with Gasteiger partial charge in [0.1, 0.15) is 17.9 Å². The number of fused-ring (bicyclic) bond motifs is 1. The van der Waals surface area contributed by atoms with Crippen LogP contribution < -0.4 is 16.0 Å². The third-order valence-electron chi connectivity index (χ3n) is 6.63. The highest BCUT2D eigenvalue weighted by molar-refractivity contribution is 9.10. The third kappa shape index (κ3) is 5.97. The van der Waals surface area contributed by atoms with E-state index in [9.17, 15) is 4.79 Å². The number of nitrogens with one attached hydrogen (secondary N) is 3. The summed E-state index contributed by atoms with van der Waals surface area (Å²) < 4.78 is 7.12. The van der Waals surface area contributed by atoms with Gasteiger partial charge in [-0.05, 0) is 57.7 Å². The zero-order chi connectivity index (χ0) is 28.0. The largest absolute Gasteiger partial charge is 0.437 e. The minimum absolute atomic E-state index is 0.303. The van der Waals surface area contributed by atoms with Crippen LogP contribution in [0.4, 0.5) is 22.0 Å². The Bertz CT molecular complexity index is 1790. The molecule has 0 saturated heterocycles. The van der Waals surface area contributed by atoms with Crippen molar-refractivity contribution in [2.45, 2.75) is 6.42 Å². The molecule has 0 radical (unpaired) electrons. The van der Waals surface area contributed by atoms with Crippen LogP contribution in [-0.2, 0) is 6.42 Å². The van der Waals surface area contributed by atoms with Crippen LogP contribution in [0.25, 0.3) is 33.6 Å². The van der Waals surface area contributed by atoms with Crippen LogP contribution in [0.2, 0.25) is 0 Å². The van der Waals surface area contributed by atoms with Crippen LogP contribution in [0.5, 0.6) is 0 Å². The normalized spacial score (nSPS) is 10.9. The van der Waals surface area contributed by atoms with E-state index in [1.54, 1.807) is 0 Å². The molecule has 0 bridgehead atoms. The Morgan fingerprint density at radius 1 is 0.756 bits per heavy atom. The number of carbonyl (C=O) groups is 1. The molecule has 0 saturated carbocycles. The summed E-state index contributed by atoms with van der Waals surface area (Å²) in [6.07, 6.45) is 2.29. The summed E-state index contributed by atoms with van der Waals surface area (Å²) in [4.78, 5) is 21.4. The number of furan rings is 1. The number of rotatable bonds is 8. The zero-order valence-electron chi connectivity index (χ0n) is 22.0. The quantitative estimate of drug-likeness (QED) is 0.162. The maximum Gasteiger partial charge on any atom is 0.323 e. The fourth-order valence-electron chi connectivity index (χ4n) is 4.67. The molecule has 6 aromatic rings. The molecule has 0 unspecified atom stereocenters. The van der Waals surface area contributed by atoms with Gasteiger partial charge in [0.25, 0.3) is 0 Å². The molecular weight excluding hydrogens is 578 g/mol. The van der Waals surface area contributed by atoms with Crippen molar-refractivity contribution in [2.24, 2.45) is 0 Å². The van der Waals surface area contributed by atoms with Gasteiger partial charge in [0.15, 0.2) is 0 Å². The van der Waals surface area contributed by atoms with Crippen LogP contribution in [0.3, 0.4) is 0 Å². The molecule has 2 amide bonds. The summed E-state index contributed by atoms with van der Waals surface area (Å²) >= 11 is 3.44. The fraction of sp³-hybridized carbons (Fsp3) is 0.0606.